The van der Waals surface area contributed by atoms with Crippen molar-refractivity contribution in [3.63, 3.8) is 0 Å². The lowest BCUT2D eigenvalue weighted by Gasteiger charge is -2.50. The Labute approximate surface area is 144 Å². The van der Waals surface area contributed by atoms with Crippen molar-refractivity contribution < 1.29 is 36.6 Å². The minimum absolute atomic E-state index is 0.0300. The molecule has 8 heteroatoms. The summed E-state index contributed by atoms with van der Waals surface area (Å²) in [5.74, 6) is -3.28. The van der Waals surface area contributed by atoms with E-state index in [1.54, 1.807) is 13.8 Å². The van der Waals surface area contributed by atoms with Gasteiger partial charge < -0.3 is 10.2 Å². The Morgan fingerprint density at radius 1 is 0.680 bits per heavy atom. The number of halogens is 6. The van der Waals surface area contributed by atoms with Crippen molar-refractivity contribution in [3.8, 4) is 0 Å². The molecular formula is C17H28F6O2. The van der Waals surface area contributed by atoms with Gasteiger partial charge in [0, 0.05) is 0 Å². The van der Waals surface area contributed by atoms with Crippen LogP contribution in [0.2, 0.25) is 0 Å². The molecule has 0 spiro atoms. The van der Waals surface area contributed by atoms with Gasteiger partial charge in [-0.15, -0.1) is 0 Å². The molecule has 1 aliphatic rings. The molecule has 0 saturated heterocycles. The van der Waals surface area contributed by atoms with Crippen LogP contribution in [0, 0.1) is 23.2 Å². The van der Waals surface area contributed by atoms with Crippen LogP contribution in [0.1, 0.15) is 60.3 Å². The third kappa shape index (κ3) is 4.26. The molecule has 1 aliphatic carbocycles. The minimum Gasteiger partial charge on any atom is -0.380 e. The van der Waals surface area contributed by atoms with Gasteiger partial charge >= 0.3 is 12.4 Å². The van der Waals surface area contributed by atoms with Gasteiger partial charge in [0.1, 0.15) is 0 Å². The summed E-state index contributed by atoms with van der Waals surface area (Å²) in [6.07, 6.45) is -9.93. The summed E-state index contributed by atoms with van der Waals surface area (Å²) in [6.45, 7) is 6.63. The first kappa shape index (κ1) is 22.5. The molecule has 0 aromatic heterocycles. The number of alkyl halides is 6. The molecule has 1 rings (SSSR count). The summed E-state index contributed by atoms with van der Waals surface area (Å²) in [6, 6.07) is 0. The second kappa shape index (κ2) is 6.59. The average Bonchev–Trinajstić information content (AvgIpc) is 2.44. The SMILES string of the molecule is CCC(C)(C)C1CC(C(C)(O)C(F)(F)F)CC(C(C)(O)C(F)(F)F)C1. The third-order valence-corrected chi connectivity index (χ3v) is 6.46. The summed E-state index contributed by atoms with van der Waals surface area (Å²) < 4.78 is 79.5. The van der Waals surface area contributed by atoms with E-state index in [0.29, 0.717) is 20.3 Å². The predicted octanol–water partition coefficient (Wildman–Crippen LogP) is 5.08. The van der Waals surface area contributed by atoms with Crippen molar-refractivity contribution >= 4 is 0 Å². The summed E-state index contributed by atoms with van der Waals surface area (Å²) in [7, 11) is 0. The lowest BCUT2D eigenvalue weighted by molar-refractivity contribution is -0.299. The van der Waals surface area contributed by atoms with Crippen molar-refractivity contribution in [2.75, 3.05) is 0 Å². The number of hydrogen-bond acceptors (Lipinski definition) is 2. The van der Waals surface area contributed by atoms with Crippen LogP contribution in [-0.2, 0) is 0 Å². The smallest absolute Gasteiger partial charge is 0.380 e. The zero-order valence-electron chi connectivity index (χ0n) is 15.2. The van der Waals surface area contributed by atoms with Crippen LogP contribution < -0.4 is 0 Å². The fourth-order valence-corrected chi connectivity index (χ4v) is 3.63. The van der Waals surface area contributed by atoms with Gasteiger partial charge in [0.2, 0.25) is 0 Å². The molecule has 4 unspecified atom stereocenters. The Hall–Kier alpha value is -0.500. The summed E-state index contributed by atoms with van der Waals surface area (Å²) in [4.78, 5) is 0. The lowest BCUT2D eigenvalue weighted by atomic mass is 9.58. The Morgan fingerprint density at radius 2 is 0.960 bits per heavy atom. The quantitative estimate of drug-likeness (QED) is 0.670. The summed E-state index contributed by atoms with van der Waals surface area (Å²) >= 11 is 0. The van der Waals surface area contributed by atoms with E-state index in [9.17, 15) is 36.6 Å². The Balaban J connectivity index is 3.30. The molecule has 0 aliphatic heterocycles. The Kier molecular flexibility index (Phi) is 5.94. The number of aliphatic hydroxyl groups is 2. The predicted molar refractivity (Wildman–Crippen MR) is 81.8 cm³/mol. The molecular weight excluding hydrogens is 350 g/mol. The van der Waals surface area contributed by atoms with Crippen molar-refractivity contribution in [2.45, 2.75) is 83.9 Å². The zero-order chi connectivity index (χ0) is 20.1. The van der Waals surface area contributed by atoms with E-state index in [2.05, 4.69) is 0 Å². The van der Waals surface area contributed by atoms with Crippen LogP contribution in [0.15, 0.2) is 0 Å². The second-order valence-corrected chi connectivity index (χ2v) is 8.43. The molecule has 0 bridgehead atoms. The highest BCUT2D eigenvalue weighted by atomic mass is 19.4. The largest absolute Gasteiger partial charge is 0.417 e. The third-order valence-electron chi connectivity index (χ3n) is 6.46. The van der Waals surface area contributed by atoms with Gasteiger partial charge in [-0.25, -0.2) is 0 Å². The first-order chi connectivity index (χ1) is 10.9. The van der Waals surface area contributed by atoms with E-state index >= 15 is 0 Å². The zero-order valence-corrected chi connectivity index (χ0v) is 15.2. The van der Waals surface area contributed by atoms with E-state index in [4.69, 9.17) is 0 Å². The maximum atomic E-state index is 13.2. The van der Waals surface area contributed by atoms with Gasteiger partial charge in [0.25, 0.3) is 0 Å². The molecule has 0 aromatic rings. The molecule has 0 radical (unpaired) electrons. The maximum absolute atomic E-state index is 13.2. The summed E-state index contributed by atoms with van der Waals surface area (Å²) in [5, 5.41) is 20.1. The highest BCUT2D eigenvalue weighted by Crippen LogP contribution is 2.54. The highest BCUT2D eigenvalue weighted by molar-refractivity contribution is 5.01. The highest BCUT2D eigenvalue weighted by Gasteiger charge is 2.62. The van der Waals surface area contributed by atoms with E-state index in [0.717, 1.165) is 0 Å². The van der Waals surface area contributed by atoms with Gasteiger partial charge in [-0.1, -0.05) is 27.2 Å². The van der Waals surface area contributed by atoms with Crippen molar-refractivity contribution in [3.05, 3.63) is 0 Å². The maximum Gasteiger partial charge on any atom is 0.417 e. The van der Waals surface area contributed by atoms with Crippen LogP contribution >= 0.6 is 0 Å². The fraction of sp³-hybridized carbons (Fsp3) is 1.00. The normalized spacial score (nSPS) is 31.3. The number of rotatable bonds is 4. The standard InChI is InChI=1S/C17H28F6O2/c1-6-13(2,3)10-7-11(14(4,24)16(18,19)20)9-12(8-10)15(5,25)17(21,22)23/h10-12,24-25H,6-9H2,1-5H3. The van der Waals surface area contributed by atoms with Gasteiger partial charge in [-0.3, -0.25) is 0 Å². The Bertz CT molecular complexity index is 431. The van der Waals surface area contributed by atoms with Crippen LogP contribution in [-0.4, -0.2) is 33.8 Å². The van der Waals surface area contributed by atoms with Crippen LogP contribution in [0.25, 0.3) is 0 Å². The molecule has 2 nitrogen and oxygen atoms in total. The minimum atomic E-state index is -4.95. The molecule has 1 fully saturated rings. The molecule has 150 valence electrons. The topological polar surface area (TPSA) is 40.5 Å². The second-order valence-electron chi connectivity index (χ2n) is 8.43. The van der Waals surface area contributed by atoms with Gasteiger partial charge in [0.15, 0.2) is 11.2 Å². The monoisotopic (exact) mass is 378 g/mol. The van der Waals surface area contributed by atoms with Crippen molar-refractivity contribution in [1.29, 1.82) is 0 Å². The van der Waals surface area contributed by atoms with Gasteiger partial charge in [-0.05, 0) is 56.3 Å². The molecule has 1 saturated carbocycles. The molecule has 4 atom stereocenters. The Morgan fingerprint density at radius 3 is 1.20 bits per heavy atom. The molecule has 0 amide bonds. The van der Waals surface area contributed by atoms with E-state index < -0.39 is 53.1 Å². The van der Waals surface area contributed by atoms with Crippen LogP contribution in [0.5, 0.6) is 0 Å². The van der Waals surface area contributed by atoms with Crippen molar-refractivity contribution in [1.82, 2.24) is 0 Å². The average molecular weight is 378 g/mol. The molecule has 2 N–H and O–H groups in total. The van der Waals surface area contributed by atoms with Gasteiger partial charge in [-0.2, -0.15) is 26.3 Å². The molecule has 0 heterocycles. The summed E-state index contributed by atoms with van der Waals surface area (Å²) in [5.41, 5.74) is -6.70. The van der Waals surface area contributed by atoms with Crippen LogP contribution in [0.4, 0.5) is 26.3 Å². The van der Waals surface area contributed by atoms with E-state index in [-0.39, 0.29) is 12.8 Å². The number of hydrogen-bond donors (Lipinski definition) is 2. The first-order valence-corrected chi connectivity index (χ1v) is 8.46. The fourth-order valence-electron chi connectivity index (χ4n) is 3.63. The van der Waals surface area contributed by atoms with E-state index in [1.165, 1.54) is 0 Å². The van der Waals surface area contributed by atoms with E-state index in [1.807, 2.05) is 6.92 Å². The molecule has 0 aromatic carbocycles. The van der Waals surface area contributed by atoms with Crippen LogP contribution in [0.3, 0.4) is 0 Å². The van der Waals surface area contributed by atoms with Gasteiger partial charge in [0.05, 0.1) is 0 Å². The first-order valence-electron chi connectivity index (χ1n) is 8.46. The lowest BCUT2D eigenvalue weighted by Crippen LogP contribution is -2.57. The van der Waals surface area contributed by atoms with Crippen molar-refractivity contribution in [2.24, 2.45) is 23.2 Å². The molecule has 25 heavy (non-hydrogen) atoms.